The van der Waals surface area contributed by atoms with E-state index in [1.54, 1.807) is 48.5 Å². The van der Waals surface area contributed by atoms with Gasteiger partial charge in [-0.15, -0.1) is 0 Å². The number of fused-ring (bicyclic) bond motifs is 1. The number of benzene rings is 4. The van der Waals surface area contributed by atoms with Crippen molar-refractivity contribution < 1.29 is 34.0 Å². The van der Waals surface area contributed by atoms with Crippen molar-refractivity contribution in [2.75, 3.05) is 7.11 Å². The van der Waals surface area contributed by atoms with Crippen LogP contribution in [0.3, 0.4) is 0 Å². The van der Waals surface area contributed by atoms with Crippen LogP contribution in [0.25, 0.3) is 22.3 Å². The molecule has 3 N–H and O–H groups in total. The third kappa shape index (κ3) is 6.04. The summed E-state index contributed by atoms with van der Waals surface area (Å²) in [4.78, 5) is 25.8. The summed E-state index contributed by atoms with van der Waals surface area (Å²) in [5.41, 5.74) is 2.57. The van der Waals surface area contributed by atoms with E-state index in [4.69, 9.17) is 13.9 Å². The summed E-state index contributed by atoms with van der Waals surface area (Å²) < 4.78 is 17.0. The molecule has 0 unspecified atom stereocenters. The Hall–Kier alpha value is -5.24. The largest absolute Gasteiger partial charge is 0.504 e. The number of hydrogen-bond acceptors (Lipinski definition) is 8. The second-order valence-electron chi connectivity index (χ2n) is 10.6. The number of carbonyl (C=O) groups is 1. The molecule has 0 amide bonds. The fraction of sp³-hybridized carbons (Fsp3) is 0.200. The number of carbonyl (C=O) groups excluding carboxylic acids is 1. The quantitative estimate of drug-likeness (QED) is 0.126. The maximum atomic E-state index is 13.2. The SMILES string of the molecule is COC(=O)C[C@@H](c1ccc(OCc2ccc(C(C)C)cc2)cc1)c1c(O)c(O)c(O)c2c(=O)cc(-c3ccccc3)oc12. The molecule has 1 aromatic heterocycles. The molecule has 0 bridgehead atoms. The molecule has 4 aromatic carbocycles. The van der Waals surface area contributed by atoms with E-state index >= 15 is 0 Å². The Labute approximate surface area is 248 Å². The molecule has 5 rings (SSSR count). The van der Waals surface area contributed by atoms with Crippen molar-refractivity contribution in [2.24, 2.45) is 0 Å². The van der Waals surface area contributed by atoms with Crippen LogP contribution >= 0.6 is 0 Å². The van der Waals surface area contributed by atoms with Crippen LogP contribution in [0.2, 0.25) is 0 Å². The highest BCUT2D eigenvalue weighted by Crippen LogP contribution is 2.49. The van der Waals surface area contributed by atoms with Gasteiger partial charge in [0.1, 0.15) is 29.1 Å². The number of esters is 1. The van der Waals surface area contributed by atoms with Crippen molar-refractivity contribution in [2.45, 2.75) is 38.7 Å². The summed E-state index contributed by atoms with van der Waals surface area (Å²) in [6, 6.07) is 25.2. The third-order valence-corrected chi connectivity index (χ3v) is 7.47. The highest BCUT2D eigenvalue weighted by atomic mass is 16.5. The van der Waals surface area contributed by atoms with Crippen LogP contribution in [0.1, 0.15) is 54.4 Å². The molecule has 5 aromatic rings. The van der Waals surface area contributed by atoms with Gasteiger partial charge in [-0.1, -0.05) is 80.6 Å². The number of phenols is 3. The number of rotatable bonds is 9. The molecule has 8 nitrogen and oxygen atoms in total. The van der Waals surface area contributed by atoms with E-state index in [1.807, 2.05) is 18.2 Å². The fourth-order valence-corrected chi connectivity index (χ4v) is 5.04. The van der Waals surface area contributed by atoms with E-state index < -0.39 is 34.6 Å². The highest BCUT2D eigenvalue weighted by Gasteiger charge is 2.31. The maximum absolute atomic E-state index is 13.2. The molecule has 0 aliphatic rings. The zero-order valence-corrected chi connectivity index (χ0v) is 24.0. The molecule has 8 heteroatoms. The lowest BCUT2D eigenvalue weighted by Crippen LogP contribution is -2.12. The molecular formula is C35H32O8. The minimum absolute atomic E-state index is 0.0375. The van der Waals surface area contributed by atoms with Crippen molar-refractivity contribution in [3.05, 3.63) is 117 Å². The lowest BCUT2D eigenvalue weighted by Gasteiger charge is -2.21. The van der Waals surface area contributed by atoms with Gasteiger partial charge in [0.15, 0.2) is 16.9 Å². The highest BCUT2D eigenvalue weighted by molar-refractivity contribution is 5.93. The standard InChI is InChI=1S/C35H32O8/c1-20(2)22-11-9-21(10-12-22)19-42-25-15-13-23(14-16-25)26(17-29(37)41-3)30-32(38)34(40)33(39)31-27(36)18-28(43-35(30)31)24-7-5-4-6-8-24/h4-16,18,20,26,38-40H,17,19H2,1-3H3/t26-/m0/s1. The summed E-state index contributed by atoms with van der Waals surface area (Å²) >= 11 is 0. The lowest BCUT2D eigenvalue weighted by atomic mass is 9.86. The van der Waals surface area contributed by atoms with Gasteiger partial charge in [-0.05, 0) is 34.7 Å². The average molecular weight is 581 g/mol. The number of hydrogen-bond donors (Lipinski definition) is 3. The van der Waals surface area contributed by atoms with Gasteiger partial charge >= 0.3 is 5.97 Å². The summed E-state index contributed by atoms with van der Waals surface area (Å²) in [6.07, 6.45) is -0.259. The number of aromatic hydroxyl groups is 3. The number of phenolic OH excluding ortho intramolecular Hbond substituents is 3. The Morgan fingerprint density at radius 2 is 1.49 bits per heavy atom. The predicted octanol–water partition coefficient (Wildman–Crippen LogP) is 6.97. The zero-order valence-electron chi connectivity index (χ0n) is 24.0. The molecule has 0 radical (unpaired) electrons. The van der Waals surface area contributed by atoms with Crippen molar-refractivity contribution >= 4 is 16.9 Å². The van der Waals surface area contributed by atoms with Crippen LogP contribution in [0.15, 0.2) is 94.1 Å². The van der Waals surface area contributed by atoms with Crippen molar-refractivity contribution in [1.82, 2.24) is 0 Å². The molecule has 43 heavy (non-hydrogen) atoms. The number of ether oxygens (including phenoxy) is 2. The molecule has 0 aliphatic carbocycles. The molecule has 0 aliphatic heterocycles. The summed E-state index contributed by atoms with van der Waals surface area (Å²) in [6.45, 7) is 4.63. The van der Waals surface area contributed by atoms with Gasteiger partial charge in [0.05, 0.1) is 13.5 Å². The third-order valence-electron chi connectivity index (χ3n) is 7.47. The normalized spacial score (nSPS) is 11.9. The van der Waals surface area contributed by atoms with Gasteiger partial charge in [-0.25, -0.2) is 0 Å². The van der Waals surface area contributed by atoms with Gasteiger partial charge in [0.2, 0.25) is 5.75 Å². The molecule has 0 saturated heterocycles. The van der Waals surface area contributed by atoms with E-state index in [2.05, 4.69) is 26.0 Å². The van der Waals surface area contributed by atoms with Crippen molar-refractivity contribution in [3.63, 3.8) is 0 Å². The summed E-state index contributed by atoms with van der Waals surface area (Å²) in [5.74, 6) is -2.74. The monoisotopic (exact) mass is 580 g/mol. The molecule has 1 atom stereocenters. The molecular weight excluding hydrogens is 548 g/mol. The van der Waals surface area contributed by atoms with Crippen LogP contribution in [0, 0.1) is 0 Å². The summed E-state index contributed by atoms with van der Waals surface area (Å²) in [7, 11) is 1.24. The Morgan fingerprint density at radius 3 is 2.12 bits per heavy atom. The second kappa shape index (κ2) is 12.3. The molecule has 220 valence electrons. The Morgan fingerprint density at radius 1 is 0.837 bits per heavy atom. The van der Waals surface area contributed by atoms with Gasteiger partial charge in [-0.3, -0.25) is 9.59 Å². The minimum Gasteiger partial charge on any atom is -0.504 e. The molecule has 1 heterocycles. The topological polar surface area (TPSA) is 126 Å². The van der Waals surface area contributed by atoms with Gasteiger partial charge in [0.25, 0.3) is 0 Å². The Kier molecular flexibility index (Phi) is 8.39. The molecule has 0 spiro atoms. The van der Waals surface area contributed by atoms with E-state index in [0.717, 1.165) is 5.56 Å². The first kappa shape index (κ1) is 29.3. The van der Waals surface area contributed by atoms with Crippen LogP contribution in [0.4, 0.5) is 0 Å². The second-order valence-corrected chi connectivity index (χ2v) is 10.6. The smallest absolute Gasteiger partial charge is 0.306 e. The summed E-state index contributed by atoms with van der Waals surface area (Å²) in [5, 5.41) is 32.1. The van der Waals surface area contributed by atoms with Crippen LogP contribution in [0.5, 0.6) is 23.0 Å². The minimum atomic E-state index is -0.923. The van der Waals surface area contributed by atoms with Crippen LogP contribution in [-0.2, 0) is 16.1 Å². The molecule has 0 fully saturated rings. The first-order valence-corrected chi connectivity index (χ1v) is 13.9. The number of methoxy groups -OCH3 is 1. The van der Waals surface area contributed by atoms with Gasteiger partial charge < -0.3 is 29.2 Å². The van der Waals surface area contributed by atoms with E-state index in [-0.39, 0.29) is 28.7 Å². The van der Waals surface area contributed by atoms with Crippen molar-refractivity contribution in [1.29, 1.82) is 0 Å². The van der Waals surface area contributed by atoms with E-state index in [0.29, 0.717) is 29.4 Å². The average Bonchev–Trinajstić information content (AvgIpc) is 3.02. The molecule has 0 saturated carbocycles. The first-order chi connectivity index (χ1) is 20.7. The Balaban J connectivity index is 1.57. The van der Waals surface area contributed by atoms with Gasteiger partial charge in [-0.2, -0.15) is 0 Å². The Bertz CT molecular complexity index is 1800. The van der Waals surface area contributed by atoms with Crippen LogP contribution < -0.4 is 10.2 Å². The predicted molar refractivity (Wildman–Crippen MR) is 163 cm³/mol. The first-order valence-electron chi connectivity index (χ1n) is 13.9. The van der Waals surface area contributed by atoms with Gasteiger partial charge in [0, 0.05) is 23.1 Å². The van der Waals surface area contributed by atoms with Crippen LogP contribution in [-0.4, -0.2) is 28.4 Å². The van der Waals surface area contributed by atoms with Crippen molar-refractivity contribution in [3.8, 4) is 34.3 Å². The fourth-order valence-electron chi connectivity index (χ4n) is 5.04. The zero-order chi connectivity index (χ0) is 30.7. The maximum Gasteiger partial charge on any atom is 0.306 e. The van der Waals surface area contributed by atoms with E-state index in [1.165, 1.54) is 18.7 Å². The van der Waals surface area contributed by atoms with E-state index in [9.17, 15) is 24.9 Å². The lowest BCUT2D eigenvalue weighted by molar-refractivity contribution is -0.140.